The second kappa shape index (κ2) is 12.2. The smallest absolute Gasteiger partial charge is 0.322 e. The maximum absolute atomic E-state index is 13.4. The zero-order valence-corrected chi connectivity index (χ0v) is 19.2. The van der Waals surface area contributed by atoms with Crippen molar-refractivity contribution in [3.8, 4) is 0 Å². The molecule has 0 radical (unpaired) electrons. The van der Waals surface area contributed by atoms with Crippen molar-refractivity contribution in [3.05, 3.63) is 88.8 Å². The topological polar surface area (TPSA) is 75.0 Å². The van der Waals surface area contributed by atoms with E-state index in [0.717, 1.165) is 11.6 Å². The Balaban J connectivity index is 1.75. The molecule has 1 aromatic heterocycles. The molecule has 3 aromatic rings. The van der Waals surface area contributed by atoms with Crippen LogP contribution in [0.2, 0.25) is 5.02 Å². The second-order valence-corrected chi connectivity index (χ2v) is 7.84. The molecule has 0 saturated carbocycles. The lowest BCUT2D eigenvalue weighted by Crippen LogP contribution is -2.45. The molecular weight excluding hydrogens is 468 g/mol. The average molecular weight is 492 g/mol. The maximum Gasteiger partial charge on any atom is 0.322 e. The molecule has 1 N–H and O–H groups in total. The van der Waals surface area contributed by atoms with E-state index in [9.17, 15) is 18.4 Å². The first-order chi connectivity index (χ1) is 16.4. The largest absolute Gasteiger partial charge is 0.467 e. The van der Waals surface area contributed by atoms with Crippen molar-refractivity contribution >= 4 is 29.2 Å². The van der Waals surface area contributed by atoms with Crippen molar-refractivity contribution < 1.29 is 27.5 Å². The fourth-order valence-corrected chi connectivity index (χ4v) is 3.31. The summed E-state index contributed by atoms with van der Waals surface area (Å²) in [6, 6.07) is 12.5. The van der Waals surface area contributed by atoms with Crippen LogP contribution in [0.5, 0.6) is 0 Å². The highest BCUT2D eigenvalue weighted by Gasteiger charge is 2.23. The van der Waals surface area contributed by atoms with Gasteiger partial charge in [0.1, 0.15) is 23.9 Å². The Hall–Kier alpha value is -3.43. The lowest BCUT2D eigenvalue weighted by atomic mass is 10.2. The van der Waals surface area contributed by atoms with E-state index in [1.165, 1.54) is 47.4 Å². The number of anilines is 1. The number of rotatable bonds is 10. The Morgan fingerprint density at radius 1 is 1.06 bits per heavy atom. The van der Waals surface area contributed by atoms with E-state index >= 15 is 0 Å². The summed E-state index contributed by atoms with van der Waals surface area (Å²) in [4.78, 5) is 28.9. The maximum atomic E-state index is 13.4. The van der Waals surface area contributed by atoms with Crippen molar-refractivity contribution in [3.63, 3.8) is 0 Å². The van der Waals surface area contributed by atoms with E-state index in [0.29, 0.717) is 5.76 Å². The molecule has 0 saturated heterocycles. The predicted octanol–water partition coefficient (Wildman–Crippen LogP) is 4.92. The molecule has 0 fully saturated rings. The molecule has 180 valence electrons. The molecule has 3 rings (SSSR count). The van der Waals surface area contributed by atoms with Gasteiger partial charge in [0.15, 0.2) is 0 Å². The molecular formula is C24H24ClF2N3O4. The fraction of sp³-hybridized carbons (Fsp3) is 0.250. The molecule has 3 amide bonds. The standard InChI is InChI=1S/C24H24ClF2N3O4/c1-33-12-10-29(24(32)28-19-8-9-22(27)21(25)13-19)16-23(31)30(15-20-3-2-11-34-20)14-17-4-6-18(26)7-5-17/h2-9,11,13H,10,12,14-16H2,1H3,(H,28,32). The van der Waals surface area contributed by atoms with Gasteiger partial charge in [-0.1, -0.05) is 23.7 Å². The molecule has 10 heteroatoms. The third kappa shape index (κ3) is 7.29. The minimum atomic E-state index is -0.611. The Labute approximate surface area is 200 Å². The van der Waals surface area contributed by atoms with Crippen LogP contribution in [0.1, 0.15) is 11.3 Å². The summed E-state index contributed by atoms with van der Waals surface area (Å²) in [5.41, 5.74) is 1.00. The van der Waals surface area contributed by atoms with Gasteiger partial charge < -0.3 is 24.3 Å². The number of furan rings is 1. The van der Waals surface area contributed by atoms with Gasteiger partial charge in [-0.05, 0) is 48.0 Å². The molecule has 0 bridgehead atoms. The highest BCUT2D eigenvalue weighted by molar-refractivity contribution is 6.31. The van der Waals surface area contributed by atoms with E-state index in [2.05, 4.69) is 5.32 Å². The van der Waals surface area contributed by atoms with Crippen LogP contribution in [0, 0.1) is 11.6 Å². The number of halogens is 3. The predicted molar refractivity (Wildman–Crippen MR) is 123 cm³/mol. The summed E-state index contributed by atoms with van der Waals surface area (Å²) in [5, 5.41) is 2.48. The molecule has 0 atom stereocenters. The minimum absolute atomic E-state index is 0.133. The van der Waals surface area contributed by atoms with Gasteiger partial charge in [0.05, 0.1) is 24.4 Å². The molecule has 2 aromatic carbocycles. The fourth-order valence-electron chi connectivity index (χ4n) is 3.13. The zero-order chi connectivity index (χ0) is 24.5. The Morgan fingerprint density at radius 3 is 2.47 bits per heavy atom. The van der Waals surface area contributed by atoms with E-state index in [-0.39, 0.29) is 55.2 Å². The number of carbonyl (C=O) groups is 2. The number of hydrogen-bond acceptors (Lipinski definition) is 4. The monoisotopic (exact) mass is 491 g/mol. The molecule has 0 aliphatic carbocycles. The number of ether oxygens (including phenoxy) is 1. The number of nitrogens with one attached hydrogen (secondary N) is 1. The van der Waals surface area contributed by atoms with Crippen LogP contribution in [0.3, 0.4) is 0 Å². The number of benzene rings is 2. The third-order valence-electron chi connectivity index (χ3n) is 4.92. The van der Waals surface area contributed by atoms with Gasteiger partial charge in [0.2, 0.25) is 5.91 Å². The van der Waals surface area contributed by atoms with E-state index < -0.39 is 11.8 Å². The van der Waals surface area contributed by atoms with E-state index in [1.54, 1.807) is 24.3 Å². The lowest BCUT2D eigenvalue weighted by molar-refractivity contribution is -0.133. The highest BCUT2D eigenvalue weighted by Crippen LogP contribution is 2.20. The zero-order valence-electron chi connectivity index (χ0n) is 18.5. The van der Waals surface area contributed by atoms with E-state index in [1.807, 2.05) is 0 Å². The van der Waals surface area contributed by atoms with Gasteiger partial charge in [0.25, 0.3) is 0 Å². The minimum Gasteiger partial charge on any atom is -0.467 e. The van der Waals surface area contributed by atoms with Crippen LogP contribution in [-0.2, 0) is 22.6 Å². The first-order valence-electron chi connectivity index (χ1n) is 10.4. The van der Waals surface area contributed by atoms with Gasteiger partial charge in [-0.25, -0.2) is 13.6 Å². The molecule has 0 aliphatic heterocycles. The normalized spacial score (nSPS) is 10.7. The summed E-state index contributed by atoms with van der Waals surface area (Å²) in [5.74, 6) is -0.787. The van der Waals surface area contributed by atoms with Crippen LogP contribution in [-0.4, -0.2) is 48.5 Å². The van der Waals surface area contributed by atoms with Crippen LogP contribution in [0.15, 0.2) is 65.3 Å². The third-order valence-corrected chi connectivity index (χ3v) is 5.21. The van der Waals surface area contributed by atoms with Crippen molar-refractivity contribution in [2.45, 2.75) is 13.1 Å². The van der Waals surface area contributed by atoms with Crippen molar-refractivity contribution in [2.24, 2.45) is 0 Å². The van der Waals surface area contributed by atoms with Gasteiger partial charge in [-0.15, -0.1) is 0 Å². The van der Waals surface area contributed by atoms with Crippen molar-refractivity contribution in [2.75, 3.05) is 32.1 Å². The van der Waals surface area contributed by atoms with Gasteiger partial charge in [0, 0.05) is 25.9 Å². The van der Waals surface area contributed by atoms with Gasteiger partial charge in [-0.3, -0.25) is 4.79 Å². The molecule has 0 unspecified atom stereocenters. The first kappa shape index (κ1) is 25.2. The van der Waals surface area contributed by atoms with Crippen LogP contribution in [0.4, 0.5) is 19.3 Å². The van der Waals surface area contributed by atoms with Crippen molar-refractivity contribution in [1.29, 1.82) is 0 Å². The number of hydrogen-bond donors (Lipinski definition) is 1. The van der Waals surface area contributed by atoms with E-state index in [4.69, 9.17) is 20.8 Å². The molecule has 7 nitrogen and oxygen atoms in total. The molecule has 1 heterocycles. The number of urea groups is 1. The molecule has 34 heavy (non-hydrogen) atoms. The summed E-state index contributed by atoms with van der Waals surface area (Å²) in [6.07, 6.45) is 1.50. The van der Waals surface area contributed by atoms with Gasteiger partial charge >= 0.3 is 6.03 Å². The summed E-state index contributed by atoms with van der Waals surface area (Å²) in [7, 11) is 1.48. The summed E-state index contributed by atoms with van der Waals surface area (Å²) in [6.45, 7) is 0.421. The summed E-state index contributed by atoms with van der Waals surface area (Å²) >= 11 is 5.79. The number of amides is 3. The Bertz CT molecular complexity index is 1090. The first-order valence-corrected chi connectivity index (χ1v) is 10.8. The second-order valence-electron chi connectivity index (χ2n) is 7.43. The summed E-state index contributed by atoms with van der Waals surface area (Å²) < 4.78 is 37.2. The van der Waals surface area contributed by atoms with Crippen LogP contribution >= 0.6 is 11.6 Å². The Kier molecular flexibility index (Phi) is 9.00. The van der Waals surface area contributed by atoms with Crippen LogP contribution in [0.25, 0.3) is 0 Å². The SMILES string of the molecule is COCCN(CC(=O)N(Cc1ccc(F)cc1)Cc1ccco1)C(=O)Nc1ccc(F)c(Cl)c1. The highest BCUT2D eigenvalue weighted by atomic mass is 35.5. The number of carbonyl (C=O) groups excluding carboxylic acids is 2. The number of methoxy groups -OCH3 is 1. The lowest BCUT2D eigenvalue weighted by Gasteiger charge is -2.27. The van der Waals surface area contributed by atoms with Crippen molar-refractivity contribution in [1.82, 2.24) is 9.80 Å². The average Bonchev–Trinajstić information content (AvgIpc) is 3.33. The van der Waals surface area contributed by atoms with Crippen LogP contribution < -0.4 is 5.32 Å². The number of nitrogens with zero attached hydrogens (tertiary/aromatic N) is 2. The van der Waals surface area contributed by atoms with Gasteiger partial charge in [-0.2, -0.15) is 0 Å². The Morgan fingerprint density at radius 2 is 1.82 bits per heavy atom. The molecule has 0 spiro atoms. The quantitative estimate of drug-likeness (QED) is 0.437. The molecule has 0 aliphatic rings.